The lowest BCUT2D eigenvalue weighted by Gasteiger charge is -2.21. The maximum absolute atomic E-state index is 12.1. The van der Waals surface area contributed by atoms with E-state index in [1.807, 2.05) is 30.3 Å². The van der Waals surface area contributed by atoms with Crippen LogP contribution in [0.15, 0.2) is 59.6 Å². The number of hydrogen-bond acceptors (Lipinski definition) is 3. The highest BCUT2D eigenvalue weighted by atomic mass is 127. The zero-order valence-corrected chi connectivity index (χ0v) is 20.8. The van der Waals surface area contributed by atoms with Crippen LogP contribution in [0.4, 0.5) is 0 Å². The van der Waals surface area contributed by atoms with Gasteiger partial charge in [0.05, 0.1) is 6.10 Å². The lowest BCUT2D eigenvalue weighted by molar-refractivity contribution is 0.0827. The van der Waals surface area contributed by atoms with Crippen LogP contribution in [-0.2, 0) is 11.2 Å². The Hall–Kier alpha value is -2.13. The van der Waals surface area contributed by atoms with Gasteiger partial charge >= 0.3 is 0 Å². The minimum Gasteiger partial charge on any atom is -0.373 e. The lowest BCUT2D eigenvalue weighted by atomic mass is 9.95. The van der Waals surface area contributed by atoms with E-state index < -0.39 is 0 Å². The first-order chi connectivity index (χ1) is 14.6. The van der Waals surface area contributed by atoms with E-state index in [2.05, 4.69) is 39.9 Å². The zero-order valence-electron chi connectivity index (χ0n) is 18.5. The Morgan fingerprint density at radius 2 is 1.90 bits per heavy atom. The van der Waals surface area contributed by atoms with E-state index in [0.717, 1.165) is 44.1 Å². The Balaban J connectivity index is 0.00000341. The van der Waals surface area contributed by atoms with Crippen LogP contribution in [-0.4, -0.2) is 57.6 Å². The number of amides is 1. The van der Waals surface area contributed by atoms with Crippen LogP contribution in [0.2, 0.25) is 0 Å². The average Bonchev–Trinajstić information content (AvgIpc) is 3.25. The summed E-state index contributed by atoms with van der Waals surface area (Å²) < 4.78 is 5.97. The first kappa shape index (κ1) is 25.1. The van der Waals surface area contributed by atoms with Crippen LogP contribution in [0, 0.1) is 5.92 Å². The second kappa shape index (κ2) is 12.7. The molecule has 0 aliphatic carbocycles. The summed E-state index contributed by atoms with van der Waals surface area (Å²) in [5, 5.41) is 6.81. The molecule has 7 heteroatoms. The maximum atomic E-state index is 12.1. The fourth-order valence-corrected chi connectivity index (χ4v) is 3.75. The minimum atomic E-state index is 0. The minimum absolute atomic E-state index is 0. The van der Waals surface area contributed by atoms with Crippen molar-refractivity contribution in [3.05, 3.63) is 71.3 Å². The van der Waals surface area contributed by atoms with Crippen molar-refractivity contribution in [2.24, 2.45) is 10.9 Å². The van der Waals surface area contributed by atoms with Crippen LogP contribution in [0.3, 0.4) is 0 Å². The molecule has 3 rings (SSSR count). The van der Waals surface area contributed by atoms with Gasteiger partial charge in [-0.3, -0.25) is 9.79 Å². The summed E-state index contributed by atoms with van der Waals surface area (Å²) in [5.41, 5.74) is 3.07. The van der Waals surface area contributed by atoms with Crippen molar-refractivity contribution >= 4 is 35.8 Å². The molecular formula is C24H33IN4O2. The second-order valence-corrected chi connectivity index (χ2v) is 7.78. The monoisotopic (exact) mass is 536 g/mol. The van der Waals surface area contributed by atoms with Crippen LogP contribution >= 0.6 is 24.0 Å². The molecule has 0 radical (unpaired) electrons. The molecule has 0 spiro atoms. The predicted molar refractivity (Wildman–Crippen MR) is 136 cm³/mol. The zero-order chi connectivity index (χ0) is 21.3. The molecule has 0 aromatic heterocycles. The molecule has 31 heavy (non-hydrogen) atoms. The summed E-state index contributed by atoms with van der Waals surface area (Å²) in [5.74, 6) is 1.22. The topological polar surface area (TPSA) is 66.0 Å². The molecule has 1 heterocycles. The molecule has 1 amide bonds. The third kappa shape index (κ3) is 7.21. The summed E-state index contributed by atoms with van der Waals surface area (Å²) in [7, 11) is 5.32. The van der Waals surface area contributed by atoms with Crippen molar-refractivity contribution in [3.8, 4) is 0 Å². The van der Waals surface area contributed by atoms with E-state index in [9.17, 15) is 4.79 Å². The summed E-state index contributed by atoms with van der Waals surface area (Å²) in [6, 6.07) is 18.2. The summed E-state index contributed by atoms with van der Waals surface area (Å²) >= 11 is 0. The highest BCUT2D eigenvalue weighted by molar-refractivity contribution is 14.0. The molecule has 0 saturated carbocycles. The number of nitrogens with one attached hydrogen (secondary N) is 2. The van der Waals surface area contributed by atoms with Gasteiger partial charge in [0.2, 0.25) is 0 Å². The number of aliphatic imine (C=N–C) groups is 1. The van der Waals surface area contributed by atoms with Crippen molar-refractivity contribution in [1.29, 1.82) is 0 Å². The Kier molecular flexibility index (Phi) is 10.3. The van der Waals surface area contributed by atoms with E-state index in [1.54, 1.807) is 26.0 Å². The van der Waals surface area contributed by atoms with Gasteiger partial charge in [-0.1, -0.05) is 42.5 Å². The van der Waals surface area contributed by atoms with Crippen molar-refractivity contribution < 1.29 is 9.53 Å². The van der Waals surface area contributed by atoms with E-state index in [0.29, 0.717) is 11.5 Å². The Morgan fingerprint density at radius 3 is 2.61 bits per heavy atom. The van der Waals surface area contributed by atoms with Crippen LogP contribution in [0.1, 0.15) is 34.0 Å². The van der Waals surface area contributed by atoms with E-state index >= 15 is 0 Å². The second-order valence-electron chi connectivity index (χ2n) is 7.78. The number of ether oxygens (including phenoxy) is 1. The first-order valence-electron chi connectivity index (χ1n) is 10.5. The van der Waals surface area contributed by atoms with Crippen LogP contribution in [0.25, 0.3) is 0 Å². The highest BCUT2D eigenvalue weighted by Gasteiger charge is 2.29. The van der Waals surface area contributed by atoms with Gasteiger partial charge in [-0.05, 0) is 36.1 Å². The van der Waals surface area contributed by atoms with Gasteiger partial charge in [-0.25, -0.2) is 0 Å². The fraction of sp³-hybridized carbons (Fsp3) is 0.417. The SMILES string of the molecule is CN=C(NCCc1cccc(C(=O)N(C)C)c1)NCC1CCOC1c1ccccc1.I. The third-order valence-corrected chi connectivity index (χ3v) is 5.38. The van der Waals surface area contributed by atoms with E-state index in [-0.39, 0.29) is 36.0 Å². The fourth-order valence-electron chi connectivity index (χ4n) is 3.75. The Morgan fingerprint density at radius 1 is 1.13 bits per heavy atom. The molecule has 6 nitrogen and oxygen atoms in total. The van der Waals surface area contributed by atoms with Gasteiger partial charge in [0, 0.05) is 52.3 Å². The molecule has 1 saturated heterocycles. The standard InChI is InChI=1S/C24H32N4O2.HI/c1-25-24(26-14-12-18-8-7-11-20(16-18)23(29)28(2)3)27-17-21-13-15-30-22(21)19-9-5-4-6-10-19;/h4-11,16,21-22H,12-15,17H2,1-3H3,(H2,25,26,27);1H. The maximum Gasteiger partial charge on any atom is 0.253 e. The molecule has 0 bridgehead atoms. The van der Waals surface area contributed by atoms with Gasteiger partial charge in [0.1, 0.15) is 0 Å². The number of carbonyl (C=O) groups is 1. The summed E-state index contributed by atoms with van der Waals surface area (Å²) in [6.07, 6.45) is 1.98. The van der Waals surface area contributed by atoms with Crippen LogP contribution in [0.5, 0.6) is 0 Å². The van der Waals surface area contributed by atoms with E-state index in [1.165, 1.54) is 5.56 Å². The number of nitrogens with zero attached hydrogens (tertiary/aromatic N) is 2. The van der Waals surface area contributed by atoms with Gasteiger partial charge in [0.15, 0.2) is 5.96 Å². The van der Waals surface area contributed by atoms with Gasteiger partial charge < -0.3 is 20.3 Å². The van der Waals surface area contributed by atoms with Gasteiger partial charge in [0.25, 0.3) is 5.91 Å². The largest absolute Gasteiger partial charge is 0.373 e. The first-order valence-corrected chi connectivity index (χ1v) is 10.5. The van der Waals surface area contributed by atoms with Crippen molar-refractivity contribution in [2.75, 3.05) is 40.8 Å². The Labute approximate surface area is 202 Å². The Bertz CT molecular complexity index is 858. The number of benzene rings is 2. The molecular weight excluding hydrogens is 503 g/mol. The molecule has 2 aromatic rings. The molecule has 2 unspecified atom stereocenters. The normalized spacial score (nSPS) is 18.2. The molecule has 1 aliphatic heterocycles. The average molecular weight is 536 g/mol. The number of hydrogen-bond donors (Lipinski definition) is 2. The molecule has 2 N–H and O–H groups in total. The third-order valence-electron chi connectivity index (χ3n) is 5.38. The summed E-state index contributed by atoms with van der Waals surface area (Å²) in [4.78, 5) is 18.1. The molecule has 2 atom stereocenters. The highest BCUT2D eigenvalue weighted by Crippen LogP contribution is 2.33. The van der Waals surface area contributed by atoms with Gasteiger partial charge in [-0.15, -0.1) is 24.0 Å². The number of halogens is 1. The van der Waals surface area contributed by atoms with Gasteiger partial charge in [-0.2, -0.15) is 0 Å². The number of rotatable bonds is 7. The predicted octanol–water partition coefficient (Wildman–Crippen LogP) is 3.49. The molecule has 1 fully saturated rings. The molecule has 168 valence electrons. The smallest absolute Gasteiger partial charge is 0.253 e. The van der Waals surface area contributed by atoms with Crippen molar-refractivity contribution in [3.63, 3.8) is 0 Å². The van der Waals surface area contributed by atoms with Crippen molar-refractivity contribution in [2.45, 2.75) is 18.9 Å². The summed E-state index contributed by atoms with van der Waals surface area (Å²) in [6.45, 7) is 2.34. The quantitative estimate of drug-likeness (QED) is 0.323. The molecule has 1 aliphatic rings. The molecule has 2 aromatic carbocycles. The number of guanidine groups is 1. The van der Waals surface area contributed by atoms with Crippen LogP contribution < -0.4 is 10.6 Å². The van der Waals surface area contributed by atoms with E-state index in [4.69, 9.17) is 4.74 Å². The number of carbonyl (C=O) groups excluding carboxylic acids is 1. The lowest BCUT2D eigenvalue weighted by Crippen LogP contribution is -2.41. The van der Waals surface area contributed by atoms with Crippen molar-refractivity contribution in [1.82, 2.24) is 15.5 Å².